The SMILES string of the molecule is C=C(C)[C@@H]1CCC(C)=C[C@H]1c1c(O)cc(I)cc1O. The second-order valence-corrected chi connectivity index (χ2v) is 6.63. The van der Waals surface area contributed by atoms with Gasteiger partial charge in [-0.25, -0.2) is 0 Å². The fourth-order valence-corrected chi connectivity index (χ4v) is 3.43. The van der Waals surface area contributed by atoms with Crippen molar-refractivity contribution in [2.45, 2.75) is 32.6 Å². The van der Waals surface area contributed by atoms with Crippen LogP contribution in [0, 0.1) is 9.49 Å². The van der Waals surface area contributed by atoms with Crippen LogP contribution in [0.25, 0.3) is 0 Å². The molecule has 2 N–H and O–H groups in total. The highest BCUT2D eigenvalue weighted by Gasteiger charge is 2.29. The molecule has 0 saturated carbocycles. The maximum Gasteiger partial charge on any atom is 0.124 e. The average molecular weight is 370 g/mol. The zero-order valence-electron chi connectivity index (χ0n) is 11.3. The molecular weight excluding hydrogens is 351 g/mol. The lowest BCUT2D eigenvalue weighted by Gasteiger charge is -2.31. The monoisotopic (exact) mass is 370 g/mol. The molecule has 0 heterocycles. The van der Waals surface area contributed by atoms with Gasteiger partial charge in [0, 0.05) is 15.1 Å². The lowest BCUT2D eigenvalue weighted by atomic mass is 9.74. The van der Waals surface area contributed by atoms with Crippen LogP contribution < -0.4 is 0 Å². The van der Waals surface area contributed by atoms with Crippen molar-refractivity contribution in [2.75, 3.05) is 0 Å². The smallest absolute Gasteiger partial charge is 0.124 e. The van der Waals surface area contributed by atoms with E-state index in [2.05, 4.69) is 42.2 Å². The Bertz CT molecular complexity index is 523. The molecule has 1 aromatic rings. The first-order valence-corrected chi connectivity index (χ1v) is 7.52. The highest BCUT2D eigenvalue weighted by atomic mass is 127. The van der Waals surface area contributed by atoms with E-state index in [-0.39, 0.29) is 23.3 Å². The van der Waals surface area contributed by atoms with Crippen molar-refractivity contribution in [2.24, 2.45) is 5.92 Å². The topological polar surface area (TPSA) is 40.5 Å². The second-order valence-electron chi connectivity index (χ2n) is 5.39. The highest BCUT2D eigenvalue weighted by Crippen LogP contribution is 2.46. The average Bonchev–Trinajstić information content (AvgIpc) is 2.27. The molecule has 0 aromatic heterocycles. The summed E-state index contributed by atoms with van der Waals surface area (Å²) in [4.78, 5) is 0. The number of aromatic hydroxyl groups is 2. The standard InChI is InChI=1S/C16H19IO2/c1-9(2)12-5-4-10(3)6-13(12)16-14(18)7-11(17)8-15(16)19/h6-8,12-13,18-19H,1,4-5H2,2-3H3/t12-,13+/m0/s1. The van der Waals surface area contributed by atoms with Crippen LogP contribution in [0.2, 0.25) is 0 Å². The van der Waals surface area contributed by atoms with Crippen molar-refractivity contribution in [1.29, 1.82) is 0 Å². The molecule has 0 fully saturated rings. The maximum absolute atomic E-state index is 10.2. The predicted molar refractivity (Wildman–Crippen MR) is 86.5 cm³/mol. The van der Waals surface area contributed by atoms with Crippen molar-refractivity contribution < 1.29 is 10.2 Å². The Balaban J connectivity index is 2.54. The van der Waals surface area contributed by atoms with Gasteiger partial charge in [0.05, 0.1) is 0 Å². The Morgan fingerprint density at radius 3 is 2.42 bits per heavy atom. The van der Waals surface area contributed by atoms with E-state index in [9.17, 15) is 10.2 Å². The number of benzene rings is 1. The van der Waals surface area contributed by atoms with Gasteiger partial charge in [-0.3, -0.25) is 0 Å². The van der Waals surface area contributed by atoms with Gasteiger partial charge < -0.3 is 10.2 Å². The summed E-state index contributed by atoms with van der Waals surface area (Å²) in [5.41, 5.74) is 3.04. The number of rotatable bonds is 2. The summed E-state index contributed by atoms with van der Waals surface area (Å²) >= 11 is 2.09. The van der Waals surface area contributed by atoms with E-state index in [0.717, 1.165) is 22.0 Å². The molecule has 2 rings (SSSR count). The second kappa shape index (κ2) is 5.57. The molecule has 0 saturated heterocycles. The molecule has 3 heteroatoms. The predicted octanol–water partition coefficient (Wildman–Crippen LogP) is 4.72. The van der Waals surface area contributed by atoms with Crippen LogP contribution in [-0.2, 0) is 0 Å². The molecule has 1 aromatic carbocycles. The third kappa shape index (κ3) is 2.96. The molecule has 0 amide bonds. The van der Waals surface area contributed by atoms with Crippen LogP contribution in [-0.4, -0.2) is 10.2 Å². The minimum atomic E-state index is 0.0169. The molecule has 19 heavy (non-hydrogen) atoms. The van der Waals surface area contributed by atoms with Crippen molar-refractivity contribution in [1.82, 2.24) is 0 Å². The summed E-state index contributed by atoms with van der Waals surface area (Å²) in [6.07, 6.45) is 4.23. The number of hydrogen-bond donors (Lipinski definition) is 2. The summed E-state index contributed by atoms with van der Waals surface area (Å²) in [7, 11) is 0. The normalized spacial score (nSPS) is 23.0. The van der Waals surface area contributed by atoms with Gasteiger partial charge in [-0.05, 0) is 67.3 Å². The van der Waals surface area contributed by atoms with Gasteiger partial charge in [-0.1, -0.05) is 23.8 Å². The fraction of sp³-hybridized carbons (Fsp3) is 0.375. The van der Waals surface area contributed by atoms with Crippen LogP contribution in [0.5, 0.6) is 11.5 Å². The lowest BCUT2D eigenvalue weighted by Crippen LogP contribution is -2.17. The Morgan fingerprint density at radius 2 is 1.89 bits per heavy atom. The zero-order valence-corrected chi connectivity index (χ0v) is 13.4. The van der Waals surface area contributed by atoms with Crippen LogP contribution in [0.1, 0.15) is 38.2 Å². The molecule has 0 unspecified atom stereocenters. The van der Waals surface area contributed by atoms with E-state index in [1.54, 1.807) is 12.1 Å². The summed E-state index contributed by atoms with van der Waals surface area (Å²) in [6.45, 7) is 8.18. The zero-order chi connectivity index (χ0) is 14.2. The van der Waals surface area contributed by atoms with Gasteiger partial charge in [-0.2, -0.15) is 0 Å². The lowest BCUT2D eigenvalue weighted by molar-refractivity contribution is 0.406. The highest BCUT2D eigenvalue weighted by molar-refractivity contribution is 14.1. The van der Waals surface area contributed by atoms with Crippen LogP contribution in [0.3, 0.4) is 0 Å². The molecule has 0 radical (unpaired) electrons. The third-order valence-electron chi connectivity index (χ3n) is 3.81. The Hall–Kier alpha value is -0.970. The first kappa shape index (κ1) is 14.4. The Labute approximate surface area is 128 Å². The molecule has 2 nitrogen and oxygen atoms in total. The first-order chi connectivity index (χ1) is 8.90. The first-order valence-electron chi connectivity index (χ1n) is 6.44. The summed E-state index contributed by atoms with van der Waals surface area (Å²) in [5.74, 6) is 0.641. The number of phenols is 2. The van der Waals surface area contributed by atoms with Gasteiger partial charge in [0.25, 0.3) is 0 Å². The molecule has 2 atom stereocenters. The number of halogens is 1. The van der Waals surface area contributed by atoms with E-state index < -0.39 is 0 Å². The van der Waals surface area contributed by atoms with Crippen molar-refractivity contribution >= 4 is 22.6 Å². The number of allylic oxidation sites excluding steroid dienone is 3. The van der Waals surface area contributed by atoms with E-state index in [0.29, 0.717) is 5.56 Å². The maximum atomic E-state index is 10.2. The van der Waals surface area contributed by atoms with E-state index >= 15 is 0 Å². The van der Waals surface area contributed by atoms with Gasteiger partial charge in [0.15, 0.2) is 0 Å². The van der Waals surface area contributed by atoms with Crippen molar-refractivity contribution in [3.05, 3.63) is 45.1 Å². The quantitative estimate of drug-likeness (QED) is 0.584. The summed E-state index contributed by atoms with van der Waals surface area (Å²) in [5, 5.41) is 20.4. The van der Waals surface area contributed by atoms with Crippen LogP contribution in [0.15, 0.2) is 35.9 Å². The van der Waals surface area contributed by atoms with Crippen LogP contribution >= 0.6 is 22.6 Å². The molecule has 1 aliphatic rings. The Morgan fingerprint density at radius 1 is 1.32 bits per heavy atom. The number of phenolic OH excluding ortho intramolecular Hbond substituents is 2. The minimum Gasteiger partial charge on any atom is -0.507 e. The molecule has 0 bridgehead atoms. The van der Waals surface area contributed by atoms with Gasteiger partial charge >= 0.3 is 0 Å². The van der Waals surface area contributed by atoms with E-state index in [4.69, 9.17) is 0 Å². The molecule has 0 aliphatic heterocycles. The third-order valence-corrected chi connectivity index (χ3v) is 4.44. The summed E-state index contributed by atoms with van der Waals surface area (Å²) in [6, 6.07) is 3.39. The minimum absolute atomic E-state index is 0.0169. The summed E-state index contributed by atoms with van der Waals surface area (Å²) < 4.78 is 0.833. The molecule has 1 aliphatic carbocycles. The van der Waals surface area contributed by atoms with E-state index in [1.165, 1.54) is 5.57 Å². The fourth-order valence-electron chi connectivity index (χ4n) is 2.84. The molecule has 0 spiro atoms. The van der Waals surface area contributed by atoms with Gasteiger partial charge in [-0.15, -0.1) is 0 Å². The molecular formula is C16H19IO2. The largest absolute Gasteiger partial charge is 0.507 e. The van der Waals surface area contributed by atoms with Crippen LogP contribution in [0.4, 0.5) is 0 Å². The Kier molecular flexibility index (Phi) is 4.23. The van der Waals surface area contributed by atoms with Crippen molar-refractivity contribution in [3.63, 3.8) is 0 Å². The number of hydrogen-bond acceptors (Lipinski definition) is 2. The van der Waals surface area contributed by atoms with Crippen molar-refractivity contribution in [3.8, 4) is 11.5 Å². The molecule has 102 valence electrons. The van der Waals surface area contributed by atoms with Gasteiger partial charge in [0.1, 0.15) is 11.5 Å². The van der Waals surface area contributed by atoms with Gasteiger partial charge in [0.2, 0.25) is 0 Å². The van der Waals surface area contributed by atoms with E-state index in [1.807, 2.05) is 6.92 Å².